The Morgan fingerprint density at radius 2 is 1.94 bits per heavy atom. The van der Waals surface area contributed by atoms with Crippen LogP contribution in [0.3, 0.4) is 0 Å². The second-order valence-electron chi connectivity index (χ2n) is 3.73. The van der Waals surface area contributed by atoms with Crippen molar-refractivity contribution in [2.24, 2.45) is 0 Å². The molecule has 0 aliphatic heterocycles. The van der Waals surface area contributed by atoms with E-state index in [9.17, 15) is 0 Å². The van der Waals surface area contributed by atoms with E-state index in [0.717, 1.165) is 22.7 Å². The molecule has 2 rings (SSSR count). The molecule has 0 atom stereocenters. The summed E-state index contributed by atoms with van der Waals surface area (Å²) in [6, 6.07) is 14.0. The Balaban J connectivity index is 2.43. The Kier molecular flexibility index (Phi) is 3.76. The second-order valence-corrected chi connectivity index (χ2v) is 3.73. The smallest absolute Gasteiger partial charge is 0.123 e. The molecule has 1 aromatic heterocycles. The van der Waals surface area contributed by atoms with Crippen molar-refractivity contribution in [2.75, 3.05) is 6.61 Å². The van der Waals surface area contributed by atoms with Crippen molar-refractivity contribution >= 4 is 0 Å². The fourth-order valence-corrected chi connectivity index (χ4v) is 1.69. The number of ether oxygens (including phenoxy) is 1. The maximum Gasteiger partial charge on any atom is 0.123 e. The Hall–Kier alpha value is -1.83. The molecule has 0 aliphatic rings. The van der Waals surface area contributed by atoms with Gasteiger partial charge in [0, 0.05) is 23.4 Å². The van der Waals surface area contributed by atoms with Crippen LogP contribution in [0.15, 0.2) is 42.5 Å². The molecule has 2 heteroatoms. The number of hydrogen-bond donors (Lipinski definition) is 0. The molecule has 1 aromatic carbocycles. The normalized spacial score (nSPS) is 10.2. The predicted octanol–water partition coefficient (Wildman–Crippen LogP) is 3.52. The predicted molar refractivity (Wildman–Crippen MR) is 69.9 cm³/mol. The SMILES string of the molecule is [CH2]Cc1cc(OCC)cc(-c2ccccc2)n1. The summed E-state index contributed by atoms with van der Waals surface area (Å²) in [5, 5.41) is 0. The first-order chi connectivity index (χ1) is 8.33. The van der Waals surface area contributed by atoms with Crippen LogP contribution in [0, 0.1) is 6.92 Å². The van der Waals surface area contributed by atoms with Gasteiger partial charge in [0.05, 0.1) is 12.3 Å². The minimum atomic E-state index is 0.662. The van der Waals surface area contributed by atoms with Crippen LogP contribution < -0.4 is 4.74 Å². The van der Waals surface area contributed by atoms with Gasteiger partial charge in [-0.2, -0.15) is 0 Å². The quantitative estimate of drug-likeness (QED) is 0.795. The standard InChI is InChI=1S/C15H16NO/c1-3-13-10-14(17-4-2)11-15(16-13)12-8-6-5-7-9-12/h5-11H,1,3-4H2,2H3. The van der Waals surface area contributed by atoms with Gasteiger partial charge in [-0.15, -0.1) is 0 Å². The third-order valence-electron chi connectivity index (χ3n) is 2.49. The average Bonchev–Trinajstić information content (AvgIpc) is 2.40. The topological polar surface area (TPSA) is 22.1 Å². The summed E-state index contributed by atoms with van der Waals surface area (Å²) in [5.41, 5.74) is 2.99. The van der Waals surface area contributed by atoms with E-state index >= 15 is 0 Å². The third kappa shape index (κ3) is 2.84. The number of hydrogen-bond acceptors (Lipinski definition) is 2. The molecule has 1 heterocycles. The van der Waals surface area contributed by atoms with Crippen LogP contribution in [0.1, 0.15) is 12.6 Å². The van der Waals surface area contributed by atoms with Crippen LogP contribution in [0.25, 0.3) is 11.3 Å². The molecular weight excluding hydrogens is 210 g/mol. The van der Waals surface area contributed by atoms with E-state index in [4.69, 9.17) is 4.74 Å². The summed E-state index contributed by atoms with van der Waals surface area (Å²) in [5.74, 6) is 0.861. The number of benzene rings is 1. The summed E-state index contributed by atoms with van der Waals surface area (Å²) in [6.45, 7) is 6.51. The molecule has 0 fully saturated rings. The minimum absolute atomic E-state index is 0.662. The van der Waals surface area contributed by atoms with Gasteiger partial charge in [0.25, 0.3) is 0 Å². The lowest BCUT2D eigenvalue weighted by Gasteiger charge is -2.08. The fraction of sp³-hybridized carbons (Fsp3) is 0.200. The summed E-state index contributed by atoms with van der Waals surface area (Å²) >= 11 is 0. The average molecular weight is 226 g/mol. The van der Waals surface area contributed by atoms with Gasteiger partial charge in [0.15, 0.2) is 0 Å². The second kappa shape index (κ2) is 5.48. The van der Waals surface area contributed by atoms with E-state index < -0.39 is 0 Å². The maximum atomic E-state index is 5.54. The van der Waals surface area contributed by atoms with Gasteiger partial charge in [0.1, 0.15) is 5.75 Å². The Bertz CT molecular complexity index is 480. The van der Waals surface area contributed by atoms with E-state index in [1.165, 1.54) is 0 Å². The Morgan fingerprint density at radius 1 is 1.18 bits per heavy atom. The van der Waals surface area contributed by atoms with Gasteiger partial charge in [-0.3, -0.25) is 4.98 Å². The van der Waals surface area contributed by atoms with Crippen LogP contribution in [-0.4, -0.2) is 11.6 Å². The highest BCUT2D eigenvalue weighted by Gasteiger charge is 2.04. The number of aromatic nitrogens is 1. The van der Waals surface area contributed by atoms with Gasteiger partial charge in [-0.25, -0.2) is 0 Å². The van der Waals surface area contributed by atoms with Gasteiger partial charge in [-0.1, -0.05) is 30.3 Å². The lowest BCUT2D eigenvalue weighted by Crippen LogP contribution is -1.96. The van der Waals surface area contributed by atoms with Crippen LogP contribution >= 0.6 is 0 Å². The van der Waals surface area contributed by atoms with Crippen LogP contribution in [0.5, 0.6) is 5.75 Å². The molecule has 1 radical (unpaired) electrons. The largest absolute Gasteiger partial charge is 0.494 e. The molecule has 87 valence electrons. The van der Waals surface area contributed by atoms with Gasteiger partial charge >= 0.3 is 0 Å². The summed E-state index contributed by atoms with van der Waals surface area (Å²) in [4.78, 5) is 4.56. The zero-order valence-corrected chi connectivity index (χ0v) is 10.0. The first kappa shape index (κ1) is 11.6. The highest BCUT2D eigenvalue weighted by molar-refractivity contribution is 5.61. The minimum Gasteiger partial charge on any atom is -0.494 e. The van der Waals surface area contributed by atoms with E-state index in [1.807, 2.05) is 49.4 Å². The Labute approximate surface area is 102 Å². The summed E-state index contributed by atoms with van der Waals surface area (Å²) in [6.07, 6.45) is 0.667. The van der Waals surface area contributed by atoms with E-state index in [1.54, 1.807) is 0 Å². The van der Waals surface area contributed by atoms with Crippen molar-refractivity contribution in [3.8, 4) is 17.0 Å². The summed E-state index contributed by atoms with van der Waals surface area (Å²) < 4.78 is 5.54. The molecule has 2 aromatic rings. The molecule has 2 nitrogen and oxygen atoms in total. The van der Waals surface area contributed by atoms with E-state index in [-0.39, 0.29) is 0 Å². The van der Waals surface area contributed by atoms with Crippen molar-refractivity contribution in [1.29, 1.82) is 0 Å². The zero-order valence-electron chi connectivity index (χ0n) is 10.0. The monoisotopic (exact) mass is 226 g/mol. The molecule has 0 aliphatic carbocycles. The van der Waals surface area contributed by atoms with E-state index in [2.05, 4.69) is 11.9 Å². The van der Waals surface area contributed by atoms with Crippen molar-refractivity contribution < 1.29 is 4.74 Å². The fourth-order valence-electron chi connectivity index (χ4n) is 1.69. The van der Waals surface area contributed by atoms with Crippen LogP contribution in [0.2, 0.25) is 0 Å². The highest BCUT2D eigenvalue weighted by Crippen LogP contribution is 2.23. The number of rotatable bonds is 4. The van der Waals surface area contributed by atoms with Crippen molar-refractivity contribution in [2.45, 2.75) is 13.3 Å². The molecule has 0 saturated carbocycles. The highest BCUT2D eigenvalue weighted by atomic mass is 16.5. The molecule has 0 amide bonds. The lowest BCUT2D eigenvalue weighted by molar-refractivity contribution is 0.339. The molecule has 17 heavy (non-hydrogen) atoms. The molecule has 0 saturated heterocycles. The van der Waals surface area contributed by atoms with Gasteiger partial charge in [-0.05, 0) is 20.3 Å². The third-order valence-corrected chi connectivity index (χ3v) is 2.49. The molecular formula is C15H16NO. The van der Waals surface area contributed by atoms with Crippen molar-refractivity contribution in [1.82, 2.24) is 4.98 Å². The number of pyridine rings is 1. The zero-order chi connectivity index (χ0) is 12.1. The molecule has 0 bridgehead atoms. The van der Waals surface area contributed by atoms with Crippen molar-refractivity contribution in [3.63, 3.8) is 0 Å². The van der Waals surface area contributed by atoms with Crippen molar-refractivity contribution in [3.05, 3.63) is 55.1 Å². The van der Waals surface area contributed by atoms with Crippen LogP contribution in [0.4, 0.5) is 0 Å². The molecule has 0 N–H and O–H groups in total. The van der Waals surface area contributed by atoms with E-state index in [0.29, 0.717) is 13.0 Å². The first-order valence-electron chi connectivity index (χ1n) is 5.82. The number of nitrogens with zero attached hydrogens (tertiary/aromatic N) is 1. The molecule has 0 spiro atoms. The maximum absolute atomic E-state index is 5.54. The van der Waals surface area contributed by atoms with Gasteiger partial charge in [0.2, 0.25) is 0 Å². The first-order valence-corrected chi connectivity index (χ1v) is 5.82. The van der Waals surface area contributed by atoms with Crippen LogP contribution in [-0.2, 0) is 6.42 Å². The van der Waals surface area contributed by atoms with Gasteiger partial charge < -0.3 is 4.74 Å². The lowest BCUT2D eigenvalue weighted by atomic mass is 10.1. The summed E-state index contributed by atoms with van der Waals surface area (Å²) in [7, 11) is 0. The Morgan fingerprint density at radius 3 is 2.59 bits per heavy atom. The molecule has 0 unspecified atom stereocenters.